The Morgan fingerprint density at radius 3 is 2.85 bits per heavy atom. The molecule has 0 saturated heterocycles. The molecule has 1 N–H and O–H groups in total. The molecule has 0 radical (unpaired) electrons. The maximum absolute atomic E-state index is 14.0. The van der Waals surface area contributed by atoms with Crippen LogP contribution in [0.4, 0.5) is 8.78 Å². The Morgan fingerprint density at radius 2 is 2.15 bits per heavy atom. The molecule has 5 rings (SSSR count). The molecular weight excluding hydrogens is 450 g/mol. The van der Waals surface area contributed by atoms with Gasteiger partial charge in [0.1, 0.15) is 16.5 Å². The second kappa shape index (κ2) is 8.14. The zero-order valence-electron chi connectivity index (χ0n) is 17.9. The normalized spacial score (nSPS) is 15.4. The molecular formula is C22H20F2N6O2S. The van der Waals surface area contributed by atoms with Crippen LogP contribution < -0.4 is 5.32 Å². The lowest BCUT2D eigenvalue weighted by molar-refractivity contribution is 0.0938. The van der Waals surface area contributed by atoms with Crippen LogP contribution in [0.5, 0.6) is 0 Å². The molecule has 33 heavy (non-hydrogen) atoms. The average molecular weight is 471 g/mol. The van der Waals surface area contributed by atoms with Crippen molar-refractivity contribution in [1.29, 1.82) is 0 Å². The number of carbonyl (C=O) groups is 1. The highest BCUT2D eigenvalue weighted by Crippen LogP contribution is 2.42. The van der Waals surface area contributed by atoms with Gasteiger partial charge in [0.2, 0.25) is 0 Å². The Hall–Kier alpha value is -3.47. The molecule has 1 fully saturated rings. The maximum Gasteiger partial charge on any atom is 0.273 e. The molecule has 1 aliphatic rings. The number of amides is 1. The zero-order valence-corrected chi connectivity index (χ0v) is 18.7. The van der Waals surface area contributed by atoms with Crippen LogP contribution >= 0.6 is 11.3 Å². The summed E-state index contributed by atoms with van der Waals surface area (Å²) in [4.78, 5) is 21.4. The van der Waals surface area contributed by atoms with Crippen LogP contribution in [-0.2, 0) is 12.5 Å². The van der Waals surface area contributed by atoms with Gasteiger partial charge in [0.05, 0.1) is 23.5 Å². The molecule has 0 aliphatic heterocycles. The van der Waals surface area contributed by atoms with Gasteiger partial charge < -0.3 is 9.84 Å². The summed E-state index contributed by atoms with van der Waals surface area (Å²) in [6, 6.07) is 1.96. The van der Waals surface area contributed by atoms with Gasteiger partial charge in [0.15, 0.2) is 17.3 Å². The van der Waals surface area contributed by atoms with Crippen molar-refractivity contribution in [2.75, 3.05) is 6.54 Å². The van der Waals surface area contributed by atoms with E-state index < -0.39 is 23.0 Å². The molecule has 0 aromatic carbocycles. The van der Waals surface area contributed by atoms with Gasteiger partial charge in [0, 0.05) is 48.8 Å². The van der Waals surface area contributed by atoms with Crippen molar-refractivity contribution in [3.8, 4) is 11.5 Å². The molecule has 170 valence electrons. The van der Waals surface area contributed by atoms with E-state index in [-0.39, 0.29) is 23.7 Å². The molecule has 4 aromatic heterocycles. The number of halogens is 2. The Balaban J connectivity index is 1.37. The van der Waals surface area contributed by atoms with Crippen LogP contribution in [0.25, 0.3) is 11.5 Å². The lowest BCUT2D eigenvalue weighted by Gasteiger charge is -2.26. The number of hydrogen-bond donors (Lipinski definition) is 1. The highest BCUT2D eigenvalue weighted by molar-refractivity contribution is 7.09. The van der Waals surface area contributed by atoms with Gasteiger partial charge in [-0.25, -0.2) is 18.7 Å². The molecule has 1 amide bonds. The summed E-state index contributed by atoms with van der Waals surface area (Å²) in [5, 5.41) is 13.9. The highest BCUT2D eigenvalue weighted by atomic mass is 32.1. The number of hydrogen-bond acceptors (Lipinski definition) is 7. The van der Waals surface area contributed by atoms with Gasteiger partial charge in [-0.1, -0.05) is 5.16 Å². The van der Waals surface area contributed by atoms with E-state index in [1.54, 1.807) is 22.2 Å². The molecule has 1 saturated carbocycles. The van der Waals surface area contributed by atoms with E-state index in [1.807, 2.05) is 20.2 Å². The van der Waals surface area contributed by atoms with Crippen molar-refractivity contribution in [2.24, 2.45) is 7.05 Å². The minimum atomic E-state index is -0.905. The molecule has 4 heterocycles. The highest BCUT2D eigenvalue weighted by Gasteiger charge is 2.36. The van der Waals surface area contributed by atoms with Crippen molar-refractivity contribution >= 4 is 17.2 Å². The summed E-state index contributed by atoms with van der Waals surface area (Å²) in [7, 11) is 1.83. The second-order valence-electron chi connectivity index (χ2n) is 8.33. The summed E-state index contributed by atoms with van der Waals surface area (Å²) in [5.74, 6) is -1.76. The number of nitrogens with zero attached hydrogens (tertiary/aromatic N) is 5. The van der Waals surface area contributed by atoms with Crippen LogP contribution in [0.3, 0.4) is 0 Å². The van der Waals surface area contributed by atoms with Crippen LogP contribution in [0.1, 0.15) is 52.4 Å². The summed E-state index contributed by atoms with van der Waals surface area (Å²) in [6.07, 6.45) is 6.84. The number of aryl methyl sites for hydroxylation is 1. The molecule has 8 nitrogen and oxygen atoms in total. The summed E-state index contributed by atoms with van der Waals surface area (Å²) in [6.45, 7) is 2.24. The number of carbonyl (C=O) groups excluding carboxylic acids is 1. The van der Waals surface area contributed by atoms with Crippen molar-refractivity contribution in [3.05, 3.63) is 69.7 Å². The van der Waals surface area contributed by atoms with Crippen LogP contribution in [-0.4, -0.2) is 37.4 Å². The molecule has 1 aliphatic carbocycles. The lowest BCUT2D eigenvalue weighted by atomic mass is 9.85. The van der Waals surface area contributed by atoms with Crippen molar-refractivity contribution in [2.45, 2.75) is 31.1 Å². The molecule has 1 unspecified atom stereocenters. The maximum atomic E-state index is 14.0. The third-order valence-corrected chi connectivity index (χ3v) is 6.84. The number of nitrogens with one attached hydrogen (secondary N) is 1. The third kappa shape index (κ3) is 4.15. The Kier molecular flexibility index (Phi) is 5.28. The first-order valence-corrected chi connectivity index (χ1v) is 11.2. The third-order valence-electron chi connectivity index (χ3n) is 5.72. The zero-order chi connectivity index (χ0) is 23.2. The quantitative estimate of drug-likeness (QED) is 0.441. The molecule has 1 atom stereocenters. The van der Waals surface area contributed by atoms with Gasteiger partial charge in [-0.2, -0.15) is 5.10 Å². The Bertz CT molecular complexity index is 1330. The van der Waals surface area contributed by atoms with E-state index in [0.29, 0.717) is 12.0 Å². The van der Waals surface area contributed by atoms with E-state index in [0.717, 1.165) is 35.3 Å². The first-order valence-electron chi connectivity index (χ1n) is 10.3. The van der Waals surface area contributed by atoms with Crippen molar-refractivity contribution < 1.29 is 18.1 Å². The van der Waals surface area contributed by atoms with Crippen LogP contribution in [0.2, 0.25) is 0 Å². The standard InChI is InChI=1S/C22H20F2N6O2S/c1-22(13-7-27-30(2)9-13,21-28-17(10-33-21)12-3-4-12)11-26-20(31)16-6-18(32-29-16)19-15(24)5-14(23)8-25-19/h5-10,12H,3-4,11H2,1-2H3,(H,26,31). The van der Waals surface area contributed by atoms with Gasteiger partial charge >= 0.3 is 0 Å². The average Bonchev–Trinajstić information content (AvgIpc) is 3.19. The van der Waals surface area contributed by atoms with E-state index in [2.05, 4.69) is 25.9 Å². The van der Waals surface area contributed by atoms with E-state index in [1.165, 1.54) is 6.07 Å². The second-order valence-corrected chi connectivity index (χ2v) is 9.19. The molecule has 0 bridgehead atoms. The fourth-order valence-corrected chi connectivity index (χ4v) is 4.64. The predicted octanol–water partition coefficient (Wildman–Crippen LogP) is 3.82. The number of pyridine rings is 1. The van der Waals surface area contributed by atoms with Crippen molar-refractivity contribution in [3.63, 3.8) is 0 Å². The van der Waals surface area contributed by atoms with Crippen LogP contribution in [0.15, 0.2) is 40.6 Å². The fourth-order valence-electron chi connectivity index (χ4n) is 3.55. The monoisotopic (exact) mass is 470 g/mol. The number of aromatic nitrogens is 5. The first kappa shape index (κ1) is 21.4. The van der Waals surface area contributed by atoms with Gasteiger partial charge in [-0.05, 0) is 19.8 Å². The Morgan fingerprint density at radius 1 is 1.33 bits per heavy atom. The van der Waals surface area contributed by atoms with E-state index in [9.17, 15) is 13.6 Å². The molecule has 0 spiro atoms. The summed E-state index contributed by atoms with van der Waals surface area (Å²) >= 11 is 1.57. The summed E-state index contributed by atoms with van der Waals surface area (Å²) < 4.78 is 33.9. The smallest absolute Gasteiger partial charge is 0.273 e. The minimum Gasteiger partial charge on any atom is -0.354 e. The summed E-state index contributed by atoms with van der Waals surface area (Å²) in [5.41, 5.74) is 1.13. The molecule has 4 aromatic rings. The Labute approximate surface area is 191 Å². The SMILES string of the molecule is Cn1cc(C(C)(CNC(=O)c2cc(-c3ncc(F)cc3F)on2)c2nc(C3CC3)cs2)cn1. The van der Waals surface area contributed by atoms with Crippen LogP contribution in [0, 0.1) is 11.6 Å². The van der Waals surface area contributed by atoms with Gasteiger partial charge in [0.25, 0.3) is 5.91 Å². The van der Waals surface area contributed by atoms with E-state index >= 15 is 0 Å². The fraction of sp³-hybridized carbons (Fsp3) is 0.318. The van der Waals surface area contributed by atoms with Gasteiger partial charge in [-0.15, -0.1) is 11.3 Å². The largest absolute Gasteiger partial charge is 0.354 e. The topological polar surface area (TPSA) is 98.7 Å². The molecule has 11 heteroatoms. The van der Waals surface area contributed by atoms with Gasteiger partial charge in [-0.3, -0.25) is 9.48 Å². The predicted molar refractivity (Wildman–Crippen MR) is 116 cm³/mol. The minimum absolute atomic E-state index is 0.0399. The lowest BCUT2D eigenvalue weighted by Crippen LogP contribution is -2.39. The van der Waals surface area contributed by atoms with Crippen molar-refractivity contribution in [1.82, 2.24) is 30.2 Å². The number of rotatable bonds is 7. The first-order chi connectivity index (χ1) is 15.8. The van der Waals surface area contributed by atoms with E-state index in [4.69, 9.17) is 9.51 Å². The number of thiazole rings is 1.